The largest absolute Gasteiger partial charge is 0.502 e. The second kappa shape index (κ2) is 6.78. The highest BCUT2D eigenvalue weighted by molar-refractivity contribution is 7.09. The number of hydrogen-bond donors (Lipinski definition) is 2. The summed E-state index contributed by atoms with van der Waals surface area (Å²) in [6, 6.07) is 3.75. The van der Waals surface area contributed by atoms with Crippen LogP contribution in [0.3, 0.4) is 0 Å². The van der Waals surface area contributed by atoms with E-state index >= 15 is 0 Å². The molecule has 1 aromatic carbocycles. The first-order valence-corrected chi connectivity index (χ1v) is 7.52. The van der Waals surface area contributed by atoms with Crippen LogP contribution in [0.1, 0.15) is 29.2 Å². The summed E-state index contributed by atoms with van der Waals surface area (Å²) in [6.45, 7) is 4.70. The Hall–Kier alpha value is -1.79. The maximum atomic E-state index is 9.89. The lowest BCUT2D eigenvalue weighted by molar-refractivity contribution is 0.339. The third-order valence-corrected chi connectivity index (χ3v) is 4.30. The number of phenols is 1. The van der Waals surface area contributed by atoms with Gasteiger partial charge < -0.3 is 19.9 Å². The summed E-state index contributed by atoms with van der Waals surface area (Å²) in [5.41, 5.74) is 2.01. The van der Waals surface area contributed by atoms with E-state index < -0.39 is 0 Å². The van der Waals surface area contributed by atoms with Gasteiger partial charge in [0.15, 0.2) is 11.5 Å². The smallest absolute Gasteiger partial charge is 0.200 e. The molecule has 2 aromatic rings. The maximum absolute atomic E-state index is 9.89. The summed E-state index contributed by atoms with van der Waals surface area (Å²) in [5, 5.41) is 16.4. The zero-order chi connectivity index (χ0) is 15.4. The number of rotatable bonds is 6. The summed E-state index contributed by atoms with van der Waals surface area (Å²) in [7, 11) is 3.04. The number of nitrogens with one attached hydrogen (secondary N) is 1. The van der Waals surface area contributed by atoms with E-state index in [1.807, 2.05) is 12.3 Å². The molecular formula is C15H20N2O3S. The molecule has 1 heterocycles. The SMILES string of the molecule is COc1cc(CNC(C)c2nc(C)cs2)cc(OC)c1O. The van der Waals surface area contributed by atoms with Crippen molar-refractivity contribution >= 4 is 11.3 Å². The third-order valence-electron chi connectivity index (χ3n) is 3.16. The molecule has 0 radical (unpaired) electrons. The van der Waals surface area contributed by atoms with Gasteiger partial charge in [0.25, 0.3) is 0 Å². The van der Waals surface area contributed by atoms with Gasteiger partial charge in [-0.2, -0.15) is 0 Å². The van der Waals surface area contributed by atoms with Crippen LogP contribution in [0.4, 0.5) is 0 Å². The molecule has 2 rings (SSSR count). The van der Waals surface area contributed by atoms with Crippen LogP contribution in [0.5, 0.6) is 17.2 Å². The Kier molecular flexibility index (Phi) is 5.03. The van der Waals surface area contributed by atoms with E-state index in [9.17, 15) is 5.11 Å². The number of ether oxygens (including phenoxy) is 2. The second-order valence-corrected chi connectivity index (χ2v) is 5.67. The Morgan fingerprint density at radius 3 is 2.38 bits per heavy atom. The minimum absolute atomic E-state index is 0.0207. The normalized spacial score (nSPS) is 12.2. The Balaban J connectivity index is 2.09. The highest BCUT2D eigenvalue weighted by Crippen LogP contribution is 2.37. The lowest BCUT2D eigenvalue weighted by atomic mass is 10.1. The zero-order valence-corrected chi connectivity index (χ0v) is 13.5. The van der Waals surface area contributed by atoms with Crippen LogP contribution in [-0.2, 0) is 6.54 Å². The zero-order valence-electron chi connectivity index (χ0n) is 12.6. The lowest BCUT2D eigenvalue weighted by Gasteiger charge is -2.14. The minimum atomic E-state index is 0.0207. The molecule has 0 bridgehead atoms. The van der Waals surface area contributed by atoms with E-state index in [4.69, 9.17) is 9.47 Å². The van der Waals surface area contributed by atoms with Crippen molar-refractivity contribution in [3.05, 3.63) is 33.8 Å². The van der Waals surface area contributed by atoms with Crippen LogP contribution in [0.25, 0.3) is 0 Å². The molecule has 1 unspecified atom stereocenters. The molecule has 0 aliphatic carbocycles. The van der Waals surface area contributed by atoms with E-state index in [1.54, 1.807) is 23.5 Å². The number of methoxy groups -OCH3 is 2. The van der Waals surface area contributed by atoms with Crippen molar-refractivity contribution in [3.8, 4) is 17.2 Å². The fourth-order valence-corrected chi connectivity index (χ4v) is 2.81. The Labute approximate surface area is 128 Å². The van der Waals surface area contributed by atoms with Gasteiger partial charge in [-0.25, -0.2) is 4.98 Å². The monoisotopic (exact) mass is 308 g/mol. The summed E-state index contributed by atoms with van der Waals surface area (Å²) in [5.74, 6) is 0.833. The average molecular weight is 308 g/mol. The Bertz CT molecular complexity index is 588. The van der Waals surface area contributed by atoms with Gasteiger partial charge in [-0.15, -0.1) is 11.3 Å². The number of phenolic OH excluding ortho intramolecular Hbond substituents is 1. The predicted molar refractivity (Wildman–Crippen MR) is 83.3 cm³/mol. The molecule has 5 nitrogen and oxygen atoms in total. The van der Waals surface area contributed by atoms with E-state index in [1.165, 1.54) is 14.2 Å². The number of hydrogen-bond acceptors (Lipinski definition) is 6. The molecule has 21 heavy (non-hydrogen) atoms. The molecule has 114 valence electrons. The van der Waals surface area contributed by atoms with Crippen LogP contribution in [-0.4, -0.2) is 24.3 Å². The van der Waals surface area contributed by atoms with Gasteiger partial charge in [0.2, 0.25) is 5.75 Å². The van der Waals surface area contributed by atoms with Crippen LogP contribution < -0.4 is 14.8 Å². The van der Waals surface area contributed by atoms with Crippen molar-refractivity contribution in [1.29, 1.82) is 0 Å². The van der Waals surface area contributed by atoms with E-state index in [2.05, 4.69) is 17.2 Å². The minimum Gasteiger partial charge on any atom is -0.502 e. The predicted octanol–water partition coefficient (Wildman–Crippen LogP) is 3.03. The number of aromatic nitrogens is 1. The molecule has 0 saturated heterocycles. The lowest BCUT2D eigenvalue weighted by Crippen LogP contribution is -2.18. The quantitative estimate of drug-likeness (QED) is 0.859. The maximum Gasteiger partial charge on any atom is 0.200 e. The third kappa shape index (κ3) is 3.65. The van der Waals surface area contributed by atoms with E-state index in [-0.39, 0.29) is 11.8 Å². The first-order chi connectivity index (χ1) is 10.0. The van der Waals surface area contributed by atoms with Crippen LogP contribution in [0, 0.1) is 6.92 Å². The van der Waals surface area contributed by atoms with Gasteiger partial charge in [-0.3, -0.25) is 0 Å². The van der Waals surface area contributed by atoms with Crippen molar-refractivity contribution in [2.24, 2.45) is 0 Å². The van der Waals surface area contributed by atoms with Crippen LogP contribution in [0.2, 0.25) is 0 Å². The topological polar surface area (TPSA) is 63.6 Å². The standard InChI is InChI=1S/C15H20N2O3S/c1-9-8-21-15(17-9)10(2)16-7-11-5-12(19-3)14(18)13(6-11)20-4/h5-6,8,10,16,18H,7H2,1-4H3. The number of aromatic hydroxyl groups is 1. The van der Waals surface area contributed by atoms with Crippen molar-refractivity contribution in [2.45, 2.75) is 26.4 Å². The number of nitrogens with zero attached hydrogens (tertiary/aromatic N) is 1. The molecule has 0 aliphatic heterocycles. The number of aryl methyl sites for hydroxylation is 1. The van der Waals surface area contributed by atoms with E-state index in [0.717, 1.165) is 16.3 Å². The highest BCUT2D eigenvalue weighted by atomic mass is 32.1. The fourth-order valence-electron chi connectivity index (χ4n) is 1.98. The van der Waals surface area contributed by atoms with Crippen LogP contribution in [0.15, 0.2) is 17.5 Å². The second-order valence-electron chi connectivity index (χ2n) is 4.78. The Morgan fingerprint density at radius 2 is 1.90 bits per heavy atom. The first-order valence-electron chi connectivity index (χ1n) is 6.64. The van der Waals surface area contributed by atoms with Gasteiger partial charge in [-0.05, 0) is 31.5 Å². The van der Waals surface area contributed by atoms with E-state index in [0.29, 0.717) is 18.0 Å². The molecule has 0 fully saturated rings. The molecule has 0 amide bonds. The summed E-state index contributed by atoms with van der Waals surface area (Å²) in [4.78, 5) is 4.47. The molecule has 6 heteroatoms. The van der Waals surface area contributed by atoms with Crippen molar-refractivity contribution < 1.29 is 14.6 Å². The molecule has 1 aromatic heterocycles. The first kappa shape index (κ1) is 15.6. The molecule has 0 saturated carbocycles. The molecule has 0 spiro atoms. The summed E-state index contributed by atoms with van der Waals surface area (Å²) >= 11 is 1.65. The van der Waals surface area contributed by atoms with Gasteiger partial charge >= 0.3 is 0 Å². The number of benzene rings is 1. The summed E-state index contributed by atoms with van der Waals surface area (Å²) < 4.78 is 10.3. The molecule has 2 N–H and O–H groups in total. The molecule has 1 atom stereocenters. The fraction of sp³-hybridized carbons (Fsp3) is 0.400. The van der Waals surface area contributed by atoms with Crippen molar-refractivity contribution in [1.82, 2.24) is 10.3 Å². The highest BCUT2D eigenvalue weighted by Gasteiger charge is 2.13. The van der Waals surface area contributed by atoms with Crippen molar-refractivity contribution in [2.75, 3.05) is 14.2 Å². The molecule has 0 aliphatic rings. The summed E-state index contributed by atoms with van der Waals surface area (Å²) in [6.07, 6.45) is 0. The van der Waals surface area contributed by atoms with Gasteiger partial charge in [0.1, 0.15) is 5.01 Å². The molecular weight excluding hydrogens is 288 g/mol. The Morgan fingerprint density at radius 1 is 1.29 bits per heavy atom. The van der Waals surface area contributed by atoms with Crippen molar-refractivity contribution in [3.63, 3.8) is 0 Å². The van der Waals surface area contributed by atoms with Gasteiger partial charge in [-0.1, -0.05) is 0 Å². The average Bonchev–Trinajstić information content (AvgIpc) is 2.92. The number of thiazole rings is 1. The van der Waals surface area contributed by atoms with Crippen LogP contribution >= 0.6 is 11.3 Å². The van der Waals surface area contributed by atoms with Gasteiger partial charge in [0.05, 0.1) is 20.3 Å². The van der Waals surface area contributed by atoms with Gasteiger partial charge in [0, 0.05) is 17.6 Å².